The number of aryl methyl sites for hydroxylation is 1. The Kier molecular flexibility index (Phi) is 5.31. The molecule has 3 heterocycles. The highest BCUT2D eigenvalue weighted by Crippen LogP contribution is 2.36. The summed E-state index contributed by atoms with van der Waals surface area (Å²) in [6, 6.07) is 7.91. The highest BCUT2D eigenvalue weighted by Gasteiger charge is 2.40. The third-order valence-corrected chi connectivity index (χ3v) is 5.65. The molecule has 1 aromatic heterocycles. The van der Waals surface area contributed by atoms with Gasteiger partial charge in [-0.15, -0.1) is 0 Å². The number of likely N-dealkylation sites (tertiary alicyclic amines) is 1. The van der Waals surface area contributed by atoms with Gasteiger partial charge in [0.2, 0.25) is 5.88 Å². The van der Waals surface area contributed by atoms with Gasteiger partial charge in [0.15, 0.2) is 11.8 Å². The normalized spacial score (nSPS) is 17.0. The average Bonchev–Trinajstić information content (AvgIpc) is 2.68. The number of nitrogens with zero attached hydrogens (tertiary/aromatic N) is 4. The van der Waals surface area contributed by atoms with E-state index in [-0.39, 0.29) is 24.4 Å². The van der Waals surface area contributed by atoms with Gasteiger partial charge < -0.3 is 14.4 Å². The number of aromatic nitrogens is 1. The van der Waals surface area contributed by atoms with Gasteiger partial charge in [0.25, 0.3) is 5.91 Å². The van der Waals surface area contributed by atoms with Crippen molar-refractivity contribution in [3.05, 3.63) is 41.8 Å². The van der Waals surface area contributed by atoms with Crippen LogP contribution in [0.25, 0.3) is 0 Å². The van der Waals surface area contributed by atoms with E-state index in [0.29, 0.717) is 30.4 Å². The Morgan fingerprint density at radius 2 is 2.14 bits per heavy atom. The SMILES string of the molecule is COc1ccc(/N=C(/SC)N2CC(N3C(=O)COc4cc(F)ccc43)C2)c(C)n1. The molecular formula is C20H21FN4O3S. The van der Waals surface area contributed by atoms with Crippen molar-refractivity contribution < 1.29 is 18.7 Å². The lowest BCUT2D eigenvalue weighted by molar-refractivity contribution is -0.122. The number of carbonyl (C=O) groups is 1. The van der Waals surface area contributed by atoms with Crippen LogP contribution in [-0.2, 0) is 4.79 Å². The quantitative estimate of drug-likeness (QED) is 0.566. The molecule has 152 valence electrons. The summed E-state index contributed by atoms with van der Waals surface area (Å²) in [5.74, 6) is 0.457. The Balaban J connectivity index is 1.51. The van der Waals surface area contributed by atoms with Crippen molar-refractivity contribution >= 4 is 34.2 Å². The van der Waals surface area contributed by atoms with Gasteiger partial charge in [0, 0.05) is 25.2 Å². The van der Waals surface area contributed by atoms with Gasteiger partial charge in [-0.25, -0.2) is 14.4 Å². The maximum absolute atomic E-state index is 13.5. The standard InChI is InChI=1S/C20H21FN4O3S/c1-12-15(5-7-18(22-12)27-2)23-20(29-3)24-9-14(10-24)25-16-6-4-13(21)8-17(16)28-11-19(25)26/h4-8,14H,9-11H2,1-3H3/b23-20+. The molecule has 0 atom stereocenters. The van der Waals surface area contributed by atoms with Crippen LogP contribution in [0.2, 0.25) is 0 Å². The van der Waals surface area contributed by atoms with Gasteiger partial charge in [-0.3, -0.25) is 9.69 Å². The molecule has 0 N–H and O–H groups in total. The number of benzene rings is 1. The number of hydrogen-bond acceptors (Lipinski definition) is 6. The maximum Gasteiger partial charge on any atom is 0.265 e. The summed E-state index contributed by atoms with van der Waals surface area (Å²) in [6.45, 7) is 3.10. The number of halogens is 1. The highest BCUT2D eigenvalue weighted by atomic mass is 32.2. The molecule has 2 aromatic rings. The molecule has 9 heteroatoms. The molecule has 1 amide bonds. The number of thioether (sulfide) groups is 1. The number of carbonyl (C=O) groups excluding carboxylic acids is 1. The number of amidine groups is 1. The zero-order valence-corrected chi connectivity index (χ0v) is 17.2. The van der Waals surface area contributed by atoms with E-state index in [9.17, 15) is 9.18 Å². The number of fused-ring (bicyclic) bond motifs is 1. The monoisotopic (exact) mass is 416 g/mol. The number of anilines is 1. The van der Waals surface area contributed by atoms with Crippen LogP contribution in [0.5, 0.6) is 11.6 Å². The molecule has 4 rings (SSSR count). The molecule has 1 fully saturated rings. The van der Waals surface area contributed by atoms with E-state index >= 15 is 0 Å². The molecule has 0 saturated carbocycles. The molecule has 29 heavy (non-hydrogen) atoms. The van der Waals surface area contributed by atoms with Crippen LogP contribution in [0.15, 0.2) is 35.3 Å². The fourth-order valence-corrected chi connectivity index (χ4v) is 4.03. The number of rotatable bonds is 3. The lowest BCUT2D eigenvalue weighted by Gasteiger charge is -2.47. The molecule has 7 nitrogen and oxygen atoms in total. The Morgan fingerprint density at radius 1 is 1.34 bits per heavy atom. The predicted molar refractivity (Wildman–Crippen MR) is 111 cm³/mol. The zero-order valence-electron chi connectivity index (χ0n) is 16.4. The number of ether oxygens (including phenoxy) is 2. The molecule has 0 aliphatic carbocycles. The zero-order chi connectivity index (χ0) is 20.5. The van der Waals surface area contributed by atoms with E-state index in [1.54, 1.807) is 35.9 Å². The number of hydrogen-bond donors (Lipinski definition) is 0. The minimum absolute atomic E-state index is 0.0111. The summed E-state index contributed by atoms with van der Waals surface area (Å²) in [4.78, 5) is 25.4. The van der Waals surface area contributed by atoms with Crippen LogP contribution >= 0.6 is 11.8 Å². The molecule has 0 unspecified atom stereocenters. The maximum atomic E-state index is 13.5. The second-order valence-electron chi connectivity index (χ2n) is 6.78. The van der Waals surface area contributed by atoms with Crippen molar-refractivity contribution in [2.45, 2.75) is 13.0 Å². The smallest absolute Gasteiger partial charge is 0.265 e. The first-order chi connectivity index (χ1) is 14.0. The van der Waals surface area contributed by atoms with Gasteiger partial charge in [-0.2, -0.15) is 0 Å². The van der Waals surface area contributed by atoms with Crippen LogP contribution in [0.3, 0.4) is 0 Å². The molecule has 0 radical (unpaired) electrons. The van der Waals surface area contributed by atoms with Gasteiger partial charge in [0.1, 0.15) is 11.6 Å². The van der Waals surface area contributed by atoms with Crippen LogP contribution in [0.1, 0.15) is 5.69 Å². The van der Waals surface area contributed by atoms with Crippen LogP contribution in [0.4, 0.5) is 15.8 Å². The van der Waals surface area contributed by atoms with Crippen LogP contribution in [-0.4, -0.2) is 60.1 Å². The predicted octanol–water partition coefficient (Wildman–Crippen LogP) is 3.00. The number of aliphatic imine (C=N–C) groups is 1. The molecule has 1 aromatic carbocycles. The third-order valence-electron chi connectivity index (χ3n) is 4.94. The first-order valence-electron chi connectivity index (χ1n) is 9.14. The largest absolute Gasteiger partial charge is 0.481 e. The third kappa shape index (κ3) is 3.74. The summed E-state index contributed by atoms with van der Waals surface area (Å²) in [7, 11) is 1.58. The summed E-state index contributed by atoms with van der Waals surface area (Å²) < 4.78 is 24.0. The van der Waals surface area contributed by atoms with E-state index in [4.69, 9.17) is 14.5 Å². The van der Waals surface area contributed by atoms with E-state index in [1.165, 1.54) is 12.1 Å². The van der Waals surface area contributed by atoms with Crippen LogP contribution < -0.4 is 14.4 Å². The Labute approximate surface area is 172 Å². The van der Waals surface area contributed by atoms with E-state index in [0.717, 1.165) is 16.5 Å². The number of pyridine rings is 1. The Morgan fingerprint density at radius 3 is 2.83 bits per heavy atom. The fourth-order valence-electron chi connectivity index (χ4n) is 3.43. The Bertz CT molecular complexity index is 978. The summed E-state index contributed by atoms with van der Waals surface area (Å²) in [5.41, 5.74) is 2.18. The minimum atomic E-state index is -0.381. The van der Waals surface area contributed by atoms with Gasteiger partial charge in [-0.1, -0.05) is 11.8 Å². The van der Waals surface area contributed by atoms with Crippen LogP contribution in [0, 0.1) is 12.7 Å². The molecule has 1 saturated heterocycles. The van der Waals surface area contributed by atoms with Gasteiger partial charge >= 0.3 is 0 Å². The van der Waals surface area contributed by atoms with Crippen molar-refractivity contribution in [1.29, 1.82) is 0 Å². The van der Waals surface area contributed by atoms with Crippen molar-refractivity contribution in [3.8, 4) is 11.6 Å². The van der Waals surface area contributed by atoms with E-state index < -0.39 is 0 Å². The number of methoxy groups -OCH3 is 1. The molecule has 2 aliphatic rings. The first-order valence-corrected chi connectivity index (χ1v) is 10.4. The van der Waals surface area contributed by atoms with Gasteiger partial charge in [0.05, 0.1) is 30.2 Å². The number of amides is 1. The average molecular weight is 416 g/mol. The topological polar surface area (TPSA) is 67.3 Å². The van der Waals surface area contributed by atoms with Crippen molar-refractivity contribution in [1.82, 2.24) is 9.88 Å². The summed E-state index contributed by atoms with van der Waals surface area (Å²) in [5, 5.41) is 0.858. The van der Waals surface area contributed by atoms with Gasteiger partial charge in [-0.05, 0) is 31.4 Å². The van der Waals surface area contributed by atoms with Crippen molar-refractivity contribution in [2.75, 3.05) is 38.0 Å². The fraction of sp³-hybridized carbons (Fsp3) is 0.350. The molecule has 0 spiro atoms. The second-order valence-corrected chi connectivity index (χ2v) is 7.55. The lowest BCUT2D eigenvalue weighted by atomic mass is 10.1. The van der Waals surface area contributed by atoms with E-state index in [2.05, 4.69) is 9.88 Å². The summed E-state index contributed by atoms with van der Waals surface area (Å²) >= 11 is 1.54. The minimum Gasteiger partial charge on any atom is -0.481 e. The molecule has 0 bridgehead atoms. The Hall–Kier alpha value is -2.81. The first kappa shape index (κ1) is 19.5. The highest BCUT2D eigenvalue weighted by molar-refractivity contribution is 8.13. The second kappa shape index (κ2) is 7.90. The molecule has 2 aliphatic heterocycles. The van der Waals surface area contributed by atoms with E-state index in [1.807, 2.05) is 19.2 Å². The van der Waals surface area contributed by atoms with Crippen molar-refractivity contribution in [3.63, 3.8) is 0 Å². The summed E-state index contributed by atoms with van der Waals surface area (Å²) in [6.07, 6.45) is 1.97. The lowest BCUT2D eigenvalue weighted by Crippen LogP contribution is -2.63. The van der Waals surface area contributed by atoms with Crippen molar-refractivity contribution in [2.24, 2.45) is 4.99 Å². The molecular weight excluding hydrogens is 395 g/mol.